The van der Waals surface area contributed by atoms with Gasteiger partial charge in [0.05, 0.1) is 10.5 Å². The summed E-state index contributed by atoms with van der Waals surface area (Å²) in [4.78, 5) is 11.9. The molecule has 0 saturated carbocycles. The van der Waals surface area contributed by atoms with Crippen molar-refractivity contribution < 1.29 is 18.3 Å². The van der Waals surface area contributed by atoms with Crippen molar-refractivity contribution in [3.8, 4) is 0 Å². The smallest absolute Gasteiger partial charge is 0.335 e. The van der Waals surface area contributed by atoms with Crippen molar-refractivity contribution in [2.24, 2.45) is 0 Å². The molecule has 0 radical (unpaired) electrons. The Morgan fingerprint density at radius 2 is 2.10 bits per heavy atom. The van der Waals surface area contributed by atoms with Crippen LogP contribution in [0.5, 0.6) is 0 Å². The van der Waals surface area contributed by atoms with Gasteiger partial charge in [0, 0.05) is 15.9 Å². The Hall–Kier alpha value is -1.22. The van der Waals surface area contributed by atoms with E-state index in [1.807, 2.05) is 11.4 Å². The number of nitrogens with one attached hydrogen (secondary N) is 1. The minimum atomic E-state index is -3.77. The van der Waals surface area contributed by atoms with Crippen molar-refractivity contribution >= 4 is 43.3 Å². The molecule has 0 spiro atoms. The molecule has 5 nitrogen and oxygen atoms in total. The molecule has 0 saturated heterocycles. The topological polar surface area (TPSA) is 83.5 Å². The summed E-state index contributed by atoms with van der Waals surface area (Å²) in [6.45, 7) is 1.64. The van der Waals surface area contributed by atoms with Crippen LogP contribution in [0.1, 0.15) is 20.8 Å². The number of carbonyl (C=O) groups is 1. The van der Waals surface area contributed by atoms with Crippen LogP contribution in [0.4, 0.5) is 0 Å². The highest BCUT2D eigenvalue weighted by molar-refractivity contribution is 9.10. The lowest BCUT2D eigenvalue weighted by Gasteiger charge is -2.10. The Morgan fingerprint density at radius 1 is 1.38 bits per heavy atom. The molecule has 2 aromatic rings. The summed E-state index contributed by atoms with van der Waals surface area (Å²) in [6, 6.07) is 6.04. The average Bonchev–Trinajstić information content (AvgIpc) is 2.82. The Balaban J connectivity index is 2.30. The van der Waals surface area contributed by atoms with E-state index in [9.17, 15) is 13.2 Å². The summed E-state index contributed by atoms with van der Waals surface area (Å²) in [6.07, 6.45) is 0. The predicted molar refractivity (Wildman–Crippen MR) is 84.2 cm³/mol. The number of hydrogen-bond acceptors (Lipinski definition) is 4. The number of carboxylic acid groups (broad SMARTS) is 1. The first kappa shape index (κ1) is 16.2. The normalized spacial score (nSPS) is 11.5. The molecule has 1 heterocycles. The molecule has 0 unspecified atom stereocenters. The van der Waals surface area contributed by atoms with Gasteiger partial charge in [0.15, 0.2) is 0 Å². The van der Waals surface area contributed by atoms with Gasteiger partial charge in [0.1, 0.15) is 0 Å². The molecule has 1 aromatic carbocycles. The highest BCUT2D eigenvalue weighted by Crippen LogP contribution is 2.24. The van der Waals surface area contributed by atoms with Crippen molar-refractivity contribution in [1.29, 1.82) is 0 Å². The van der Waals surface area contributed by atoms with Crippen LogP contribution >= 0.6 is 27.3 Å². The van der Waals surface area contributed by atoms with Crippen molar-refractivity contribution in [3.05, 3.63) is 50.1 Å². The molecule has 0 aliphatic carbocycles. The van der Waals surface area contributed by atoms with E-state index in [-0.39, 0.29) is 22.6 Å². The number of carboxylic acids is 1. The molecule has 0 fully saturated rings. The summed E-state index contributed by atoms with van der Waals surface area (Å²) < 4.78 is 28.0. The molecule has 112 valence electrons. The maximum atomic E-state index is 12.3. The maximum Gasteiger partial charge on any atom is 0.335 e. The van der Waals surface area contributed by atoms with Gasteiger partial charge in [-0.2, -0.15) is 0 Å². The number of hydrogen-bond donors (Lipinski definition) is 2. The first-order valence-corrected chi connectivity index (χ1v) is 9.03. The zero-order chi connectivity index (χ0) is 15.6. The molecule has 21 heavy (non-hydrogen) atoms. The number of thiophene rings is 1. The number of rotatable bonds is 5. The fourth-order valence-electron chi connectivity index (χ4n) is 1.83. The van der Waals surface area contributed by atoms with E-state index in [1.165, 1.54) is 36.5 Å². The number of aromatic carboxylic acids is 1. The molecular weight excluding hydrogens is 378 g/mol. The fraction of sp³-hybridized carbons (Fsp3) is 0.154. The quantitative estimate of drug-likeness (QED) is 0.822. The summed E-state index contributed by atoms with van der Waals surface area (Å²) in [7, 11) is -3.77. The average molecular weight is 390 g/mol. The third-order valence-corrected chi connectivity index (χ3v) is 6.39. The van der Waals surface area contributed by atoms with Gasteiger partial charge in [0.25, 0.3) is 0 Å². The van der Waals surface area contributed by atoms with Crippen LogP contribution < -0.4 is 4.72 Å². The van der Waals surface area contributed by atoms with Gasteiger partial charge < -0.3 is 5.11 Å². The zero-order valence-electron chi connectivity index (χ0n) is 11.0. The monoisotopic (exact) mass is 389 g/mol. The molecule has 0 bridgehead atoms. The van der Waals surface area contributed by atoms with Gasteiger partial charge in [-0.05, 0) is 52.0 Å². The molecule has 0 aliphatic heterocycles. The van der Waals surface area contributed by atoms with Gasteiger partial charge in [0.2, 0.25) is 10.0 Å². The van der Waals surface area contributed by atoms with Crippen LogP contribution in [-0.4, -0.2) is 19.5 Å². The Kier molecular flexibility index (Phi) is 4.82. The fourth-order valence-corrected chi connectivity index (χ4v) is 4.61. The second-order valence-corrected chi connectivity index (χ2v) is 7.84. The summed E-state index contributed by atoms with van der Waals surface area (Å²) in [5, 5.41) is 10.9. The molecule has 0 amide bonds. The molecule has 0 aliphatic rings. The first-order chi connectivity index (χ1) is 9.83. The SMILES string of the molecule is Cc1c(C(=O)O)cccc1S(=O)(=O)NCc1sccc1Br. The zero-order valence-corrected chi connectivity index (χ0v) is 14.2. The van der Waals surface area contributed by atoms with Crippen LogP contribution in [0, 0.1) is 6.92 Å². The van der Waals surface area contributed by atoms with Crippen molar-refractivity contribution in [1.82, 2.24) is 4.72 Å². The van der Waals surface area contributed by atoms with E-state index in [1.54, 1.807) is 0 Å². The van der Waals surface area contributed by atoms with E-state index in [2.05, 4.69) is 20.7 Å². The minimum Gasteiger partial charge on any atom is -0.478 e. The van der Waals surface area contributed by atoms with Gasteiger partial charge in [-0.15, -0.1) is 11.3 Å². The highest BCUT2D eigenvalue weighted by Gasteiger charge is 2.20. The van der Waals surface area contributed by atoms with Crippen molar-refractivity contribution in [2.45, 2.75) is 18.4 Å². The summed E-state index contributed by atoms with van der Waals surface area (Å²) in [5.74, 6) is -1.15. The number of benzene rings is 1. The van der Waals surface area contributed by atoms with Gasteiger partial charge in [-0.1, -0.05) is 6.07 Å². The van der Waals surface area contributed by atoms with Crippen LogP contribution in [0.3, 0.4) is 0 Å². The second kappa shape index (κ2) is 6.27. The molecule has 2 N–H and O–H groups in total. The van der Waals surface area contributed by atoms with E-state index in [4.69, 9.17) is 5.11 Å². The van der Waals surface area contributed by atoms with E-state index in [0.29, 0.717) is 0 Å². The van der Waals surface area contributed by atoms with Gasteiger partial charge in [-0.3, -0.25) is 0 Å². The third-order valence-electron chi connectivity index (χ3n) is 2.92. The van der Waals surface area contributed by atoms with E-state index >= 15 is 0 Å². The molecule has 1 aromatic heterocycles. The van der Waals surface area contributed by atoms with Crippen molar-refractivity contribution in [2.75, 3.05) is 0 Å². The Bertz CT molecular complexity index is 783. The maximum absolute atomic E-state index is 12.3. The Labute approximate surface area is 134 Å². The predicted octanol–water partition coefficient (Wildman–Crippen LogP) is 3.00. The van der Waals surface area contributed by atoms with E-state index < -0.39 is 16.0 Å². The standard InChI is InChI=1S/C13H12BrNO4S2/c1-8-9(13(16)17)3-2-4-12(8)21(18,19)15-7-11-10(14)5-6-20-11/h2-6,15H,7H2,1H3,(H,16,17). The lowest BCUT2D eigenvalue weighted by Crippen LogP contribution is -2.24. The van der Waals surface area contributed by atoms with Crippen LogP contribution in [-0.2, 0) is 16.6 Å². The molecule has 0 atom stereocenters. The van der Waals surface area contributed by atoms with E-state index in [0.717, 1.165) is 9.35 Å². The summed E-state index contributed by atoms with van der Waals surface area (Å²) >= 11 is 4.76. The second-order valence-electron chi connectivity index (χ2n) is 4.25. The number of halogens is 1. The Morgan fingerprint density at radius 3 is 2.67 bits per heavy atom. The van der Waals surface area contributed by atoms with Gasteiger partial charge in [-0.25, -0.2) is 17.9 Å². The van der Waals surface area contributed by atoms with Gasteiger partial charge >= 0.3 is 5.97 Å². The van der Waals surface area contributed by atoms with Crippen LogP contribution in [0.15, 0.2) is 39.0 Å². The number of sulfonamides is 1. The molecule has 2 rings (SSSR count). The lowest BCUT2D eigenvalue weighted by atomic mass is 10.1. The van der Waals surface area contributed by atoms with Crippen LogP contribution in [0.25, 0.3) is 0 Å². The lowest BCUT2D eigenvalue weighted by molar-refractivity contribution is 0.0696. The highest BCUT2D eigenvalue weighted by atomic mass is 79.9. The largest absolute Gasteiger partial charge is 0.478 e. The minimum absolute atomic E-state index is 0.0184. The molecule has 8 heteroatoms. The first-order valence-electron chi connectivity index (χ1n) is 5.87. The van der Waals surface area contributed by atoms with Crippen molar-refractivity contribution in [3.63, 3.8) is 0 Å². The molecular formula is C13H12BrNO4S2. The van der Waals surface area contributed by atoms with Crippen LogP contribution in [0.2, 0.25) is 0 Å². The summed E-state index contributed by atoms with van der Waals surface area (Å²) in [5.41, 5.74) is 0.206. The third kappa shape index (κ3) is 3.52.